The lowest BCUT2D eigenvalue weighted by molar-refractivity contribution is -0.160. The lowest BCUT2D eigenvalue weighted by Gasteiger charge is -2.29. The fraction of sp³-hybridized carbons (Fsp3) is 0.562. The SMILES string of the molecule is [C-]#[N+]c1cc(C(O)C(C)(C)C(=O)OCC[Si](C)(C)C)ccn1. The Morgan fingerprint density at radius 2 is 2.14 bits per heavy atom. The van der Waals surface area contributed by atoms with Crippen molar-refractivity contribution in [2.24, 2.45) is 5.41 Å². The quantitative estimate of drug-likeness (QED) is 0.494. The number of pyridine rings is 1. The van der Waals surface area contributed by atoms with E-state index in [9.17, 15) is 9.90 Å². The third-order valence-corrected chi connectivity index (χ3v) is 5.20. The molecule has 1 aromatic rings. The second-order valence-electron chi connectivity index (χ2n) is 7.13. The standard InChI is InChI=1S/C16H24N2O3Si/c1-16(2,15(20)21-9-10-22(4,5)6)14(19)12-7-8-18-13(11-12)17-3/h7-8,11,14,19H,9-10H2,1-2,4-6H3. The fourth-order valence-corrected chi connectivity index (χ4v) is 2.54. The normalized spacial score (nSPS) is 13.3. The van der Waals surface area contributed by atoms with Crippen LogP contribution in [0.5, 0.6) is 0 Å². The Bertz CT molecular complexity index is 573. The molecule has 0 spiro atoms. The van der Waals surface area contributed by atoms with Gasteiger partial charge < -0.3 is 14.7 Å². The number of aromatic nitrogens is 1. The largest absolute Gasteiger partial charge is 0.466 e. The number of aliphatic hydroxyl groups is 1. The monoisotopic (exact) mass is 320 g/mol. The van der Waals surface area contributed by atoms with Crippen LogP contribution in [0.15, 0.2) is 18.3 Å². The van der Waals surface area contributed by atoms with Gasteiger partial charge in [-0.1, -0.05) is 26.2 Å². The molecule has 0 aliphatic rings. The Morgan fingerprint density at radius 1 is 1.50 bits per heavy atom. The zero-order chi connectivity index (χ0) is 17.0. The van der Waals surface area contributed by atoms with Gasteiger partial charge in [-0.05, 0) is 37.6 Å². The van der Waals surface area contributed by atoms with Gasteiger partial charge in [0.1, 0.15) is 6.20 Å². The third-order valence-electron chi connectivity index (χ3n) is 3.49. The Balaban J connectivity index is 2.79. The van der Waals surface area contributed by atoms with Gasteiger partial charge in [0, 0.05) is 8.07 Å². The molecular weight excluding hydrogens is 296 g/mol. The highest BCUT2D eigenvalue weighted by Crippen LogP contribution is 2.35. The summed E-state index contributed by atoms with van der Waals surface area (Å²) in [4.78, 5) is 19.4. The van der Waals surface area contributed by atoms with E-state index >= 15 is 0 Å². The van der Waals surface area contributed by atoms with Crippen LogP contribution in [0.1, 0.15) is 25.5 Å². The van der Waals surface area contributed by atoms with E-state index in [-0.39, 0.29) is 5.82 Å². The molecule has 0 aliphatic heterocycles. The van der Waals surface area contributed by atoms with Crippen molar-refractivity contribution in [2.45, 2.75) is 45.6 Å². The van der Waals surface area contributed by atoms with Gasteiger partial charge in [0.25, 0.3) is 5.82 Å². The summed E-state index contributed by atoms with van der Waals surface area (Å²) in [6.45, 7) is 17.3. The van der Waals surface area contributed by atoms with Crippen LogP contribution in [-0.2, 0) is 9.53 Å². The van der Waals surface area contributed by atoms with E-state index in [2.05, 4.69) is 29.5 Å². The molecule has 5 nitrogen and oxygen atoms in total. The van der Waals surface area contributed by atoms with Crippen molar-refractivity contribution in [3.63, 3.8) is 0 Å². The summed E-state index contributed by atoms with van der Waals surface area (Å²) in [6.07, 6.45) is 0.411. The van der Waals surface area contributed by atoms with E-state index in [0.29, 0.717) is 12.2 Å². The minimum absolute atomic E-state index is 0.194. The molecule has 0 aromatic carbocycles. The van der Waals surface area contributed by atoms with E-state index < -0.39 is 25.6 Å². The second kappa shape index (κ2) is 7.03. The maximum absolute atomic E-state index is 12.3. The molecule has 1 unspecified atom stereocenters. The first-order chi connectivity index (χ1) is 10.1. The minimum Gasteiger partial charge on any atom is -0.466 e. The molecule has 0 amide bonds. The number of hydrogen-bond acceptors (Lipinski definition) is 4. The highest BCUT2D eigenvalue weighted by atomic mass is 28.3. The van der Waals surface area contributed by atoms with Crippen LogP contribution in [0.2, 0.25) is 25.7 Å². The first-order valence-electron chi connectivity index (χ1n) is 7.26. The molecule has 0 saturated heterocycles. The van der Waals surface area contributed by atoms with E-state index in [1.165, 1.54) is 12.3 Å². The van der Waals surface area contributed by atoms with Gasteiger partial charge in [0.2, 0.25) is 0 Å². The fourth-order valence-electron chi connectivity index (χ4n) is 1.83. The Kier molecular flexibility index (Phi) is 5.86. The van der Waals surface area contributed by atoms with Gasteiger partial charge in [0.05, 0.1) is 18.1 Å². The van der Waals surface area contributed by atoms with Crippen LogP contribution >= 0.6 is 0 Å². The Hall–Kier alpha value is -1.71. The highest BCUT2D eigenvalue weighted by Gasteiger charge is 2.38. The predicted octanol–water partition coefficient (Wildman–Crippen LogP) is 3.57. The number of carbonyl (C=O) groups excluding carboxylic acids is 1. The molecule has 1 N–H and O–H groups in total. The van der Waals surface area contributed by atoms with Gasteiger partial charge in [-0.25, -0.2) is 0 Å². The maximum Gasteiger partial charge on any atom is 0.314 e. The Morgan fingerprint density at radius 3 is 2.68 bits per heavy atom. The lowest BCUT2D eigenvalue weighted by Crippen LogP contribution is -2.34. The van der Waals surface area contributed by atoms with E-state index in [1.54, 1.807) is 19.9 Å². The van der Waals surface area contributed by atoms with Crippen LogP contribution in [0.25, 0.3) is 4.85 Å². The minimum atomic E-state index is -1.27. The van der Waals surface area contributed by atoms with Gasteiger partial charge in [-0.15, -0.1) is 4.98 Å². The number of aliphatic hydroxyl groups excluding tert-OH is 1. The predicted molar refractivity (Wildman–Crippen MR) is 88.4 cm³/mol. The number of esters is 1. The number of hydrogen-bond donors (Lipinski definition) is 1. The number of nitrogens with zero attached hydrogens (tertiary/aromatic N) is 2. The molecule has 0 bridgehead atoms. The molecule has 1 atom stereocenters. The van der Waals surface area contributed by atoms with Crippen molar-refractivity contribution >= 4 is 19.9 Å². The van der Waals surface area contributed by atoms with Crippen LogP contribution in [0.3, 0.4) is 0 Å². The van der Waals surface area contributed by atoms with Crippen LogP contribution in [-0.4, -0.2) is 30.7 Å². The van der Waals surface area contributed by atoms with Crippen molar-refractivity contribution in [1.82, 2.24) is 4.98 Å². The molecule has 6 heteroatoms. The van der Waals surface area contributed by atoms with E-state index in [0.717, 1.165) is 6.04 Å². The zero-order valence-electron chi connectivity index (χ0n) is 13.9. The lowest BCUT2D eigenvalue weighted by atomic mass is 9.83. The van der Waals surface area contributed by atoms with Crippen molar-refractivity contribution in [2.75, 3.05) is 6.61 Å². The highest BCUT2D eigenvalue weighted by molar-refractivity contribution is 6.76. The van der Waals surface area contributed by atoms with E-state index in [1.807, 2.05) is 0 Å². The average molecular weight is 320 g/mol. The smallest absolute Gasteiger partial charge is 0.314 e. The summed E-state index contributed by atoms with van der Waals surface area (Å²) in [5.41, 5.74) is -0.590. The molecular formula is C16H24N2O3Si. The average Bonchev–Trinajstić information content (AvgIpc) is 2.44. The molecule has 1 heterocycles. The van der Waals surface area contributed by atoms with Crippen molar-refractivity contribution in [1.29, 1.82) is 0 Å². The number of ether oxygens (including phenoxy) is 1. The second-order valence-corrected chi connectivity index (χ2v) is 12.8. The van der Waals surface area contributed by atoms with Gasteiger partial charge in [0.15, 0.2) is 0 Å². The van der Waals surface area contributed by atoms with Crippen molar-refractivity contribution in [3.05, 3.63) is 35.3 Å². The number of rotatable bonds is 6. The first-order valence-corrected chi connectivity index (χ1v) is 11.0. The third kappa shape index (κ3) is 4.93. The molecule has 120 valence electrons. The topological polar surface area (TPSA) is 63.8 Å². The molecule has 0 radical (unpaired) electrons. The van der Waals surface area contributed by atoms with Gasteiger partial charge >= 0.3 is 5.97 Å². The van der Waals surface area contributed by atoms with Crippen LogP contribution < -0.4 is 0 Å². The first kappa shape index (κ1) is 18.3. The van der Waals surface area contributed by atoms with Gasteiger partial charge in [-0.3, -0.25) is 4.79 Å². The molecule has 0 fully saturated rings. The summed E-state index contributed by atoms with van der Waals surface area (Å²) in [5.74, 6) is -0.237. The zero-order valence-corrected chi connectivity index (χ0v) is 14.9. The summed E-state index contributed by atoms with van der Waals surface area (Å²) < 4.78 is 5.34. The summed E-state index contributed by atoms with van der Waals surface area (Å²) >= 11 is 0. The summed E-state index contributed by atoms with van der Waals surface area (Å²) in [6, 6.07) is 3.99. The number of carbonyl (C=O) groups is 1. The molecule has 1 rings (SSSR count). The summed E-state index contributed by atoms with van der Waals surface area (Å²) in [7, 11) is -1.27. The van der Waals surface area contributed by atoms with Crippen LogP contribution in [0.4, 0.5) is 5.82 Å². The van der Waals surface area contributed by atoms with Crippen molar-refractivity contribution < 1.29 is 14.6 Å². The molecule has 22 heavy (non-hydrogen) atoms. The maximum atomic E-state index is 12.3. The van der Waals surface area contributed by atoms with E-state index in [4.69, 9.17) is 11.3 Å². The van der Waals surface area contributed by atoms with Crippen LogP contribution in [0, 0.1) is 12.0 Å². The summed E-state index contributed by atoms with van der Waals surface area (Å²) in [5, 5.41) is 10.5. The molecule has 0 saturated carbocycles. The van der Waals surface area contributed by atoms with Crippen molar-refractivity contribution in [3.8, 4) is 0 Å². The molecule has 0 aliphatic carbocycles. The Labute approximate surface area is 133 Å². The van der Waals surface area contributed by atoms with Gasteiger partial charge in [-0.2, -0.15) is 0 Å². The molecule has 1 aromatic heterocycles.